The zero-order valence-corrected chi connectivity index (χ0v) is 16.1. The maximum Gasteiger partial charge on any atom is 0.263 e. The highest BCUT2D eigenvalue weighted by Gasteiger charge is 2.13. The standard InChI is InChI=1S/C20H20ClN3O3/c1-13-7-8-17(18(9-13)26-3)27-12-20(25)22-19-10-14(2)23-24(19)16-6-4-5-15(21)11-16/h4-11H,12H2,1-3H3,(H,22,25). The van der Waals surface area contributed by atoms with Crippen LogP contribution in [0.2, 0.25) is 5.02 Å². The van der Waals surface area contributed by atoms with Crippen molar-refractivity contribution in [3.63, 3.8) is 0 Å². The van der Waals surface area contributed by atoms with Gasteiger partial charge in [0.1, 0.15) is 5.82 Å². The molecule has 2 aromatic carbocycles. The molecule has 0 atom stereocenters. The van der Waals surface area contributed by atoms with Crippen molar-refractivity contribution in [1.82, 2.24) is 9.78 Å². The second-order valence-electron chi connectivity index (χ2n) is 6.05. The molecule has 1 aromatic heterocycles. The highest BCUT2D eigenvalue weighted by molar-refractivity contribution is 6.30. The zero-order chi connectivity index (χ0) is 19.4. The number of methoxy groups -OCH3 is 1. The molecule has 0 radical (unpaired) electrons. The van der Waals surface area contributed by atoms with Gasteiger partial charge >= 0.3 is 0 Å². The molecule has 6 nitrogen and oxygen atoms in total. The fraction of sp³-hybridized carbons (Fsp3) is 0.200. The first-order valence-electron chi connectivity index (χ1n) is 8.36. The predicted molar refractivity (Wildman–Crippen MR) is 105 cm³/mol. The van der Waals surface area contributed by atoms with Gasteiger partial charge < -0.3 is 14.8 Å². The van der Waals surface area contributed by atoms with E-state index in [2.05, 4.69) is 10.4 Å². The number of aryl methyl sites for hydroxylation is 2. The topological polar surface area (TPSA) is 65.4 Å². The van der Waals surface area contributed by atoms with Crippen LogP contribution in [0.5, 0.6) is 11.5 Å². The molecule has 0 spiro atoms. The molecule has 0 unspecified atom stereocenters. The number of anilines is 1. The van der Waals surface area contributed by atoms with Crippen LogP contribution in [0, 0.1) is 13.8 Å². The lowest BCUT2D eigenvalue weighted by Crippen LogP contribution is -2.22. The largest absolute Gasteiger partial charge is 0.493 e. The van der Waals surface area contributed by atoms with Crippen molar-refractivity contribution in [3.8, 4) is 17.2 Å². The third-order valence-corrected chi connectivity index (χ3v) is 4.06. The van der Waals surface area contributed by atoms with Gasteiger partial charge in [-0.15, -0.1) is 0 Å². The van der Waals surface area contributed by atoms with Crippen LogP contribution < -0.4 is 14.8 Å². The van der Waals surface area contributed by atoms with Gasteiger partial charge in [-0.1, -0.05) is 23.7 Å². The monoisotopic (exact) mass is 385 g/mol. The highest BCUT2D eigenvalue weighted by Crippen LogP contribution is 2.27. The summed E-state index contributed by atoms with van der Waals surface area (Å²) in [6.45, 7) is 3.65. The van der Waals surface area contributed by atoms with Crippen LogP contribution in [0.1, 0.15) is 11.3 Å². The molecule has 1 N–H and O–H groups in total. The molecule has 0 aliphatic heterocycles. The molecule has 0 aliphatic rings. The van der Waals surface area contributed by atoms with E-state index >= 15 is 0 Å². The number of carbonyl (C=O) groups excluding carboxylic acids is 1. The van der Waals surface area contributed by atoms with E-state index in [4.69, 9.17) is 21.1 Å². The summed E-state index contributed by atoms with van der Waals surface area (Å²) in [4.78, 5) is 12.4. The van der Waals surface area contributed by atoms with E-state index in [9.17, 15) is 4.79 Å². The van der Waals surface area contributed by atoms with Crippen LogP contribution >= 0.6 is 11.6 Å². The molecule has 1 amide bonds. The van der Waals surface area contributed by atoms with Gasteiger partial charge in [0.2, 0.25) is 0 Å². The number of aromatic nitrogens is 2. The number of nitrogens with zero attached hydrogens (tertiary/aromatic N) is 2. The van der Waals surface area contributed by atoms with Gasteiger partial charge in [-0.05, 0) is 49.7 Å². The Kier molecular flexibility index (Phi) is 5.66. The minimum atomic E-state index is -0.305. The van der Waals surface area contributed by atoms with E-state index in [1.807, 2.05) is 38.1 Å². The fourth-order valence-corrected chi connectivity index (χ4v) is 2.79. The Morgan fingerprint density at radius 3 is 2.70 bits per heavy atom. The van der Waals surface area contributed by atoms with Crippen molar-refractivity contribution >= 4 is 23.3 Å². The van der Waals surface area contributed by atoms with Gasteiger partial charge in [-0.3, -0.25) is 4.79 Å². The van der Waals surface area contributed by atoms with Gasteiger partial charge in [-0.25, -0.2) is 4.68 Å². The number of hydrogen-bond donors (Lipinski definition) is 1. The summed E-state index contributed by atoms with van der Waals surface area (Å²) in [6, 6.07) is 14.6. The molecule has 0 fully saturated rings. The Morgan fingerprint density at radius 2 is 1.96 bits per heavy atom. The van der Waals surface area contributed by atoms with E-state index in [1.165, 1.54) is 0 Å². The van der Waals surface area contributed by atoms with Crippen LogP contribution in [0.15, 0.2) is 48.5 Å². The molecule has 7 heteroatoms. The summed E-state index contributed by atoms with van der Waals surface area (Å²) in [6.07, 6.45) is 0. The maximum absolute atomic E-state index is 12.4. The zero-order valence-electron chi connectivity index (χ0n) is 15.3. The first kappa shape index (κ1) is 18.8. The number of amides is 1. The summed E-state index contributed by atoms with van der Waals surface area (Å²) in [5.74, 6) is 1.33. The molecule has 0 bridgehead atoms. The Bertz CT molecular complexity index is 969. The van der Waals surface area contributed by atoms with Crippen LogP contribution in [0.25, 0.3) is 5.69 Å². The summed E-state index contributed by atoms with van der Waals surface area (Å²) < 4.78 is 12.5. The lowest BCUT2D eigenvalue weighted by molar-refractivity contribution is -0.118. The summed E-state index contributed by atoms with van der Waals surface area (Å²) in [7, 11) is 1.56. The minimum absolute atomic E-state index is 0.154. The molecule has 3 rings (SSSR count). The second kappa shape index (κ2) is 8.14. The smallest absolute Gasteiger partial charge is 0.263 e. The van der Waals surface area contributed by atoms with Crippen molar-refractivity contribution in [2.45, 2.75) is 13.8 Å². The Labute approximate surface area is 162 Å². The fourth-order valence-electron chi connectivity index (χ4n) is 2.61. The first-order valence-corrected chi connectivity index (χ1v) is 8.74. The first-order chi connectivity index (χ1) is 13.0. The number of nitrogens with one attached hydrogen (secondary N) is 1. The molecular formula is C20H20ClN3O3. The van der Waals surface area contributed by atoms with E-state index < -0.39 is 0 Å². The molecule has 27 heavy (non-hydrogen) atoms. The third kappa shape index (κ3) is 4.60. The Hall–Kier alpha value is -2.99. The van der Waals surface area contributed by atoms with E-state index in [0.717, 1.165) is 16.9 Å². The van der Waals surface area contributed by atoms with Crippen molar-refractivity contribution in [1.29, 1.82) is 0 Å². The number of ether oxygens (including phenoxy) is 2. The maximum atomic E-state index is 12.4. The molecule has 1 heterocycles. The molecule has 3 aromatic rings. The number of hydrogen-bond acceptors (Lipinski definition) is 4. The predicted octanol–water partition coefficient (Wildman–Crippen LogP) is 4.17. The Morgan fingerprint density at radius 1 is 1.15 bits per heavy atom. The third-order valence-electron chi connectivity index (χ3n) is 3.83. The molecule has 0 saturated heterocycles. The van der Waals surface area contributed by atoms with Gasteiger partial charge in [0.05, 0.1) is 18.5 Å². The summed E-state index contributed by atoms with van der Waals surface area (Å²) in [5.41, 5.74) is 2.57. The number of rotatable bonds is 6. The molecule has 0 saturated carbocycles. The van der Waals surface area contributed by atoms with Gasteiger partial charge in [0, 0.05) is 11.1 Å². The Balaban J connectivity index is 1.72. The van der Waals surface area contributed by atoms with Crippen LogP contribution in [0.3, 0.4) is 0 Å². The van der Waals surface area contributed by atoms with Gasteiger partial charge in [-0.2, -0.15) is 5.10 Å². The average molecular weight is 386 g/mol. The molecule has 0 aliphatic carbocycles. The van der Waals surface area contributed by atoms with Crippen molar-refractivity contribution in [3.05, 3.63) is 64.8 Å². The summed E-state index contributed by atoms with van der Waals surface area (Å²) >= 11 is 6.06. The number of halogens is 1. The van der Waals surface area contributed by atoms with Crippen LogP contribution in [-0.2, 0) is 4.79 Å². The SMILES string of the molecule is COc1cc(C)ccc1OCC(=O)Nc1cc(C)nn1-c1cccc(Cl)c1. The molecular weight excluding hydrogens is 366 g/mol. The van der Waals surface area contributed by atoms with Crippen LogP contribution in [-0.4, -0.2) is 29.4 Å². The van der Waals surface area contributed by atoms with Crippen molar-refractivity contribution in [2.24, 2.45) is 0 Å². The normalized spacial score (nSPS) is 10.5. The lowest BCUT2D eigenvalue weighted by Gasteiger charge is -2.12. The van der Waals surface area contributed by atoms with Crippen LogP contribution in [0.4, 0.5) is 5.82 Å². The lowest BCUT2D eigenvalue weighted by atomic mass is 10.2. The van der Waals surface area contributed by atoms with E-state index in [-0.39, 0.29) is 12.5 Å². The van der Waals surface area contributed by atoms with Gasteiger partial charge in [0.15, 0.2) is 18.1 Å². The minimum Gasteiger partial charge on any atom is -0.493 e. The van der Waals surface area contributed by atoms with Gasteiger partial charge in [0.25, 0.3) is 5.91 Å². The second-order valence-corrected chi connectivity index (χ2v) is 6.49. The summed E-state index contributed by atoms with van der Waals surface area (Å²) in [5, 5.41) is 7.82. The number of carbonyl (C=O) groups is 1. The number of benzene rings is 2. The average Bonchev–Trinajstić information content (AvgIpc) is 3.00. The quantitative estimate of drug-likeness (QED) is 0.691. The van der Waals surface area contributed by atoms with E-state index in [0.29, 0.717) is 22.3 Å². The van der Waals surface area contributed by atoms with Crippen molar-refractivity contribution < 1.29 is 14.3 Å². The van der Waals surface area contributed by atoms with E-state index in [1.54, 1.807) is 36.1 Å². The van der Waals surface area contributed by atoms with Crippen molar-refractivity contribution in [2.75, 3.05) is 19.0 Å². The highest BCUT2D eigenvalue weighted by atomic mass is 35.5. The molecule has 140 valence electrons.